The molecule has 5 rings (SSSR count). The summed E-state index contributed by atoms with van der Waals surface area (Å²) >= 11 is 6.04. The van der Waals surface area contributed by atoms with Gasteiger partial charge in [-0.25, -0.2) is 14.8 Å². The van der Waals surface area contributed by atoms with Crippen LogP contribution in [0.3, 0.4) is 0 Å². The first kappa shape index (κ1) is 27.0. The lowest BCUT2D eigenvalue weighted by molar-refractivity contribution is 0.0500. The first-order chi connectivity index (χ1) is 19.1. The molecule has 0 saturated heterocycles. The summed E-state index contributed by atoms with van der Waals surface area (Å²) in [6, 6.07) is 12.9. The minimum Gasteiger partial charge on any atom is -0.444 e. The highest BCUT2D eigenvalue weighted by Crippen LogP contribution is 2.26. The number of rotatable bonds is 7. The van der Waals surface area contributed by atoms with Crippen molar-refractivity contribution in [2.24, 2.45) is 7.05 Å². The second kappa shape index (κ2) is 10.9. The summed E-state index contributed by atoms with van der Waals surface area (Å²) < 4.78 is 24.1. The number of ether oxygens (including phenoxy) is 1. The van der Waals surface area contributed by atoms with Crippen LogP contribution >= 0.6 is 11.6 Å². The number of carbonyl (C=O) groups is 1. The first-order valence-electron chi connectivity index (χ1n) is 12.4. The summed E-state index contributed by atoms with van der Waals surface area (Å²) in [4.78, 5) is 21.5. The van der Waals surface area contributed by atoms with Gasteiger partial charge < -0.3 is 15.4 Å². The van der Waals surface area contributed by atoms with E-state index < -0.39 is 23.7 Å². The maximum Gasteiger partial charge on any atom is 0.408 e. The molecule has 206 valence electrons. The van der Waals surface area contributed by atoms with Crippen molar-refractivity contribution in [3.8, 4) is 11.3 Å². The van der Waals surface area contributed by atoms with E-state index >= 15 is 4.39 Å². The number of alkyl carbamates (subject to hydrolysis) is 1. The fourth-order valence-electron chi connectivity index (χ4n) is 4.07. The van der Waals surface area contributed by atoms with Gasteiger partial charge >= 0.3 is 6.09 Å². The number of aryl methyl sites for hydroxylation is 1. The number of hydrogen-bond donors (Lipinski definition) is 2. The number of amides is 1. The first-order valence-corrected chi connectivity index (χ1v) is 12.8. The maximum absolute atomic E-state index is 15.7. The van der Waals surface area contributed by atoms with Gasteiger partial charge in [-0.1, -0.05) is 23.7 Å². The molecule has 0 spiro atoms. The van der Waals surface area contributed by atoms with E-state index in [0.717, 1.165) is 5.56 Å². The summed E-state index contributed by atoms with van der Waals surface area (Å²) in [5.41, 5.74) is 1.35. The van der Waals surface area contributed by atoms with E-state index in [4.69, 9.17) is 16.3 Å². The molecule has 0 aliphatic heterocycles. The molecule has 13 heteroatoms. The van der Waals surface area contributed by atoms with Crippen molar-refractivity contribution in [1.82, 2.24) is 39.7 Å². The summed E-state index contributed by atoms with van der Waals surface area (Å²) in [6.45, 7) is 5.29. The van der Waals surface area contributed by atoms with E-state index in [2.05, 4.69) is 35.9 Å². The second-order valence-corrected chi connectivity index (χ2v) is 10.5. The fraction of sp³-hybridized carbons (Fsp3) is 0.259. The van der Waals surface area contributed by atoms with Crippen LogP contribution in [-0.4, -0.2) is 46.0 Å². The lowest BCUT2D eigenvalue weighted by atomic mass is 10.1. The SMILES string of the molecule is Cn1nccc1Nc1nccc(-c2cc(F)n3c([C@@H](Cc4ccc(Cl)cc4)NC(=O)OC(C)(C)C)nnc3c2)n1. The summed E-state index contributed by atoms with van der Waals surface area (Å²) in [6.07, 6.45) is 2.86. The highest BCUT2D eigenvalue weighted by Gasteiger charge is 2.26. The standard InChI is InChI=1S/C27H27ClFN9O2/c1-27(2,3)40-26(39)33-20(13-16-5-7-18(28)8-6-16)24-36-35-23-15-17(14-21(29)38(23)24)19-9-11-30-25(32-19)34-22-10-12-31-37(22)4/h5-12,14-15,20H,13H2,1-4H3,(H,33,39)(H,30,32,34)/t20-/m1/s1. The minimum atomic E-state index is -0.750. The molecule has 0 aliphatic rings. The average Bonchev–Trinajstić information content (AvgIpc) is 3.50. The smallest absolute Gasteiger partial charge is 0.408 e. The number of nitrogens with one attached hydrogen (secondary N) is 2. The summed E-state index contributed by atoms with van der Waals surface area (Å²) in [7, 11) is 1.79. The quantitative estimate of drug-likeness (QED) is 0.257. The van der Waals surface area contributed by atoms with Crippen molar-refractivity contribution in [1.29, 1.82) is 0 Å². The zero-order valence-electron chi connectivity index (χ0n) is 22.3. The number of carbonyl (C=O) groups excluding carboxylic acids is 1. The Morgan fingerprint density at radius 1 is 1.10 bits per heavy atom. The third-order valence-electron chi connectivity index (χ3n) is 5.85. The molecule has 5 aromatic rings. The van der Waals surface area contributed by atoms with Gasteiger partial charge in [-0.05, 0) is 50.6 Å². The van der Waals surface area contributed by atoms with Crippen LogP contribution in [0.4, 0.5) is 21.0 Å². The monoisotopic (exact) mass is 563 g/mol. The van der Waals surface area contributed by atoms with Crippen molar-refractivity contribution in [2.45, 2.75) is 38.8 Å². The Kier molecular flexibility index (Phi) is 7.35. The molecule has 1 atom stereocenters. The molecule has 2 N–H and O–H groups in total. The van der Waals surface area contributed by atoms with Gasteiger partial charge in [0.2, 0.25) is 11.9 Å². The predicted molar refractivity (Wildman–Crippen MR) is 148 cm³/mol. The van der Waals surface area contributed by atoms with E-state index in [-0.39, 0.29) is 11.5 Å². The second-order valence-electron chi connectivity index (χ2n) is 10.1. The van der Waals surface area contributed by atoms with Crippen LogP contribution in [0.25, 0.3) is 16.9 Å². The number of nitrogens with zero attached hydrogens (tertiary/aromatic N) is 7. The van der Waals surface area contributed by atoms with Crippen LogP contribution in [-0.2, 0) is 18.2 Å². The van der Waals surface area contributed by atoms with Gasteiger partial charge in [-0.15, -0.1) is 10.2 Å². The molecule has 0 fully saturated rings. The molecule has 0 bridgehead atoms. The van der Waals surface area contributed by atoms with Crippen LogP contribution in [0, 0.1) is 5.95 Å². The molecule has 4 heterocycles. The van der Waals surface area contributed by atoms with Gasteiger partial charge in [0, 0.05) is 42.4 Å². The number of anilines is 2. The third kappa shape index (κ3) is 6.18. The van der Waals surface area contributed by atoms with Gasteiger partial charge in [-0.3, -0.25) is 9.08 Å². The predicted octanol–water partition coefficient (Wildman–Crippen LogP) is 5.26. The van der Waals surface area contributed by atoms with E-state index in [9.17, 15) is 4.79 Å². The molecular weight excluding hydrogens is 537 g/mol. The molecule has 11 nitrogen and oxygen atoms in total. The van der Waals surface area contributed by atoms with E-state index in [1.807, 2.05) is 12.1 Å². The van der Waals surface area contributed by atoms with Crippen LogP contribution in [0.5, 0.6) is 0 Å². The summed E-state index contributed by atoms with van der Waals surface area (Å²) in [5.74, 6) is 0.610. The topological polar surface area (TPSA) is 124 Å². The van der Waals surface area contributed by atoms with Crippen LogP contribution < -0.4 is 10.6 Å². The van der Waals surface area contributed by atoms with Gasteiger partial charge in [0.25, 0.3) is 0 Å². The van der Waals surface area contributed by atoms with Crippen molar-refractivity contribution in [2.75, 3.05) is 5.32 Å². The molecular formula is C27H27ClFN9O2. The number of fused-ring (bicyclic) bond motifs is 1. The highest BCUT2D eigenvalue weighted by atomic mass is 35.5. The van der Waals surface area contributed by atoms with Crippen molar-refractivity contribution in [3.05, 3.63) is 83.3 Å². The van der Waals surface area contributed by atoms with E-state index in [1.54, 1.807) is 75.2 Å². The van der Waals surface area contributed by atoms with Crippen LogP contribution in [0.1, 0.15) is 38.2 Å². The molecule has 4 aromatic heterocycles. The summed E-state index contributed by atoms with van der Waals surface area (Å²) in [5, 5.41) is 19.1. The average molecular weight is 564 g/mol. The molecule has 1 aromatic carbocycles. The lowest BCUT2D eigenvalue weighted by Crippen LogP contribution is -2.36. The zero-order chi connectivity index (χ0) is 28.4. The van der Waals surface area contributed by atoms with Gasteiger partial charge in [0.15, 0.2) is 11.5 Å². The van der Waals surface area contributed by atoms with Crippen molar-refractivity contribution in [3.63, 3.8) is 0 Å². The number of hydrogen-bond acceptors (Lipinski definition) is 8. The highest BCUT2D eigenvalue weighted by molar-refractivity contribution is 6.30. The fourth-order valence-corrected chi connectivity index (χ4v) is 4.20. The van der Waals surface area contributed by atoms with Gasteiger partial charge in [0.1, 0.15) is 11.4 Å². The number of halogens is 2. The Bertz CT molecular complexity index is 1660. The van der Waals surface area contributed by atoms with Crippen LogP contribution in [0.15, 0.2) is 60.9 Å². The lowest BCUT2D eigenvalue weighted by Gasteiger charge is -2.23. The molecule has 0 aliphatic carbocycles. The van der Waals surface area contributed by atoms with E-state index in [1.165, 1.54) is 10.5 Å². The zero-order valence-corrected chi connectivity index (χ0v) is 23.0. The Hall–Kier alpha value is -4.58. The minimum absolute atomic E-state index is 0.209. The largest absolute Gasteiger partial charge is 0.444 e. The van der Waals surface area contributed by atoms with Crippen LogP contribution in [0.2, 0.25) is 5.02 Å². The van der Waals surface area contributed by atoms with Crippen molar-refractivity contribution >= 4 is 35.1 Å². The maximum atomic E-state index is 15.7. The number of aromatic nitrogens is 7. The van der Waals surface area contributed by atoms with Gasteiger partial charge in [-0.2, -0.15) is 9.49 Å². The Balaban J connectivity index is 1.48. The normalized spacial score (nSPS) is 12.3. The molecule has 1 amide bonds. The molecule has 0 saturated carbocycles. The third-order valence-corrected chi connectivity index (χ3v) is 6.11. The number of pyridine rings is 1. The van der Waals surface area contributed by atoms with Gasteiger partial charge in [0.05, 0.1) is 17.9 Å². The molecule has 0 unspecified atom stereocenters. The van der Waals surface area contributed by atoms with Crippen molar-refractivity contribution < 1.29 is 13.9 Å². The molecule has 40 heavy (non-hydrogen) atoms. The molecule has 0 radical (unpaired) electrons. The Morgan fingerprint density at radius 3 is 2.58 bits per heavy atom. The Labute approximate surface area is 234 Å². The Morgan fingerprint density at radius 2 is 1.88 bits per heavy atom. The van der Waals surface area contributed by atoms with E-state index in [0.29, 0.717) is 34.5 Å². The number of benzene rings is 1.